The minimum Gasteiger partial charge on any atom is -0.466 e. The molecule has 2 rings (SSSR count). The van der Waals surface area contributed by atoms with Gasteiger partial charge < -0.3 is 10.2 Å². The molecule has 0 spiro atoms. The largest absolute Gasteiger partial charge is 0.466 e. The molecule has 1 aliphatic rings. The first kappa shape index (κ1) is 10.5. The fourth-order valence-corrected chi connectivity index (χ4v) is 1.49. The number of hydrogen-bond acceptors (Lipinski definition) is 5. The Labute approximate surface area is 93.6 Å². The lowest BCUT2D eigenvalue weighted by atomic mass is 10.1. The van der Waals surface area contributed by atoms with Crippen molar-refractivity contribution < 1.29 is 9.53 Å². The molecule has 0 saturated carbocycles. The first-order chi connectivity index (χ1) is 7.70. The minimum atomic E-state index is -0.358. The lowest BCUT2D eigenvalue weighted by molar-refractivity contribution is -0.134. The Morgan fingerprint density at radius 3 is 3.06 bits per heavy atom. The highest BCUT2D eigenvalue weighted by molar-refractivity contribution is 5.87. The first-order valence-electron chi connectivity index (χ1n) is 4.86. The normalized spacial score (nSPS) is 13.8. The Bertz CT molecular complexity index is 443. The molecule has 1 aromatic rings. The summed E-state index contributed by atoms with van der Waals surface area (Å²) in [4.78, 5) is 10.9. The molecule has 16 heavy (non-hydrogen) atoms. The molecule has 0 radical (unpaired) electrons. The van der Waals surface area contributed by atoms with E-state index < -0.39 is 0 Å². The zero-order chi connectivity index (χ0) is 11.5. The highest BCUT2D eigenvalue weighted by Crippen LogP contribution is 2.28. The average Bonchev–Trinajstić information content (AvgIpc) is 2.67. The molecule has 2 N–H and O–H groups in total. The van der Waals surface area contributed by atoms with E-state index in [0.717, 1.165) is 16.9 Å². The SMILES string of the molecule is COC(=O)/C=C/c1ccc2c(c1)NNN2C. The molecule has 0 bridgehead atoms. The summed E-state index contributed by atoms with van der Waals surface area (Å²) in [5.41, 5.74) is 8.96. The molecule has 0 fully saturated rings. The van der Waals surface area contributed by atoms with Gasteiger partial charge in [-0.1, -0.05) is 6.07 Å². The molecular formula is C11H13N3O2. The van der Waals surface area contributed by atoms with Gasteiger partial charge in [0.05, 0.1) is 18.5 Å². The Hall–Kier alpha value is -2.01. The summed E-state index contributed by atoms with van der Waals surface area (Å²) in [5.74, 6) is -0.358. The molecule has 5 heteroatoms. The smallest absolute Gasteiger partial charge is 0.330 e. The fraction of sp³-hybridized carbons (Fsp3) is 0.182. The predicted molar refractivity (Wildman–Crippen MR) is 62.7 cm³/mol. The van der Waals surface area contributed by atoms with Crippen LogP contribution >= 0.6 is 0 Å². The molecule has 0 atom stereocenters. The summed E-state index contributed by atoms with van der Waals surface area (Å²) in [6, 6.07) is 5.86. The molecule has 5 nitrogen and oxygen atoms in total. The summed E-state index contributed by atoms with van der Waals surface area (Å²) >= 11 is 0. The van der Waals surface area contributed by atoms with E-state index in [9.17, 15) is 4.79 Å². The van der Waals surface area contributed by atoms with Crippen molar-refractivity contribution in [1.29, 1.82) is 0 Å². The number of esters is 1. The van der Waals surface area contributed by atoms with Crippen LogP contribution in [0.25, 0.3) is 6.08 Å². The molecule has 84 valence electrons. The number of anilines is 2. The topological polar surface area (TPSA) is 53.6 Å². The third-order valence-corrected chi connectivity index (χ3v) is 2.35. The number of hydrazine groups is 2. The third kappa shape index (κ3) is 1.99. The van der Waals surface area contributed by atoms with E-state index in [1.54, 1.807) is 6.08 Å². The van der Waals surface area contributed by atoms with Gasteiger partial charge in [-0.3, -0.25) is 5.01 Å². The summed E-state index contributed by atoms with van der Waals surface area (Å²) in [6.07, 6.45) is 3.11. The number of carbonyl (C=O) groups excluding carboxylic acids is 1. The Morgan fingerprint density at radius 1 is 1.50 bits per heavy atom. The molecule has 0 unspecified atom stereocenters. The highest BCUT2D eigenvalue weighted by Gasteiger charge is 2.13. The van der Waals surface area contributed by atoms with E-state index in [1.807, 2.05) is 30.3 Å². The molecular weight excluding hydrogens is 206 g/mol. The van der Waals surface area contributed by atoms with E-state index in [1.165, 1.54) is 13.2 Å². The van der Waals surface area contributed by atoms with Gasteiger partial charge in [-0.2, -0.15) is 0 Å². The van der Waals surface area contributed by atoms with Crippen LogP contribution in [0.1, 0.15) is 5.56 Å². The van der Waals surface area contributed by atoms with E-state index in [2.05, 4.69) is 15.7 Å². The Balaban J connectivity index is 2.19. The minimum absolute atomic E-state index is 0.358. The van der Waals surface area contributed by atoms with Crippen LogP contribution in [0.5, 0.6) is 0 Å². The predicted octanol–water partition coefficient (Wildman–Crippen LogP) is 1.15. The van der Waals surface area contributed by atoms with Gasteiger partial charge in [-0.25, -0.2) is 4.79 Å². The van der Waals surface area contributed by atoms with Crippen molar-refractivity contribution >= 4 is 23.4 Å². The van der Waals surface area contributed by atoms with Crippen LogP contribution in [-0.2, 0) is 9.53 Å². The monoisotopic (exact) mass is 219 g/mol. The molecule has 1 heterocycles. The van der Waals surface area contributed by atoms with E-state index in [-0.39, 0.29) is 5.97 Å². The zero-order valence-corrected chi connectivity index (χ0v) is 9.15. The van der Waals surface area contributed by atoms with E-state index in [4.69, 9.17) is 0 Å². The number of ether oxygens (including phenoxy) is 1. The third-order valence-electron chi connectivity index (χ3n) is 2.35. The van der Waals surface area contributed by atoms with Crippen LogP contribution in [0.4, 0.5) is 11.4 Å². The average molecular weight is 219 g/mol. The van der Waals surface area contributed by atoms with Crippen LogP contribution < -0.4 is 16.0 Å². The Morgan fingerprint density at radius 2 is 2.31 bits per heavy atom. The fourth-order valence-electron chi connectivity index (χ4n) is 1.49. The van der Waals surface area contributed by atoms with Gasteiger partial charge in [0.15, 0.2) is 0 Å². The second-order valence-electron chi connectivity index (χ2n) is 3.43. The summed E-state index contributed by atoms with van der Waals surface area (Å²) in [5, 5.41) is 1.88. The van der Waals surface area contributed by atoms with Crippen molar-refractivity contribution in [2.24, 2.45) is 0 Å². The first-order valence-corrected chi connectivity index (χ1v) is 4.86. The second kappa shape index (κ2) is 4.24. The second-order valence-corrected chi connectivity index (χ2v) is 3.43. The molecule has 0 saturated heterocycles. The van der Waals surface area contributed by atoms with Gasteiger partial charge in [0.1, 0.15) is 0 Å². The van der Waals surface area contributed by atoms with E-state index in [0.29, 0.717) is 0 Å². The van der Waals surface area contributed by atoms with Crippen LogP contribution in [0, 0.1) is 0 Å². The zero-order valence-electron chi connectivity index (χ0n) is 9.15. The number of fused-ring (bicyclic) bond motifs is 1. The van der Waals surface area contributed by atoms with Gasteiger partial charge in [-0.05, 0) is 23.8 Å². The number of rotatable bonds is 2. The summed E-state index contributed by atoms with van der Waals surface area (Å²) in [6.45, 7) is 0. The van der Waals surface area contributed by atoms with Gasteiger partial charge in [0, 0.05) is 13.1 Å². The number of nitrogens with zero attached hydrogens (tertiary/aromatic N) is 1. The van der Waals surface area contributed by atoms with Crippen molar-refractivity contribution in [2.75, 3.05) is 24.6 Å². The lowest BCUT2D eigenvalue weighted by Gasteiger charge is -2.08. The van der Waals surface area contributed by atoms with Crippen molar-refractivity contribution in [2.45, 2.75) is 0 Å². The summed E-state index contributed by atoms with van der Waals surface area (Å²) < 4.78 is 4.52. The molecule has 0 aromatic heterocycles. The number of carbonyl (C=O) groups is 1. The molecule has 1 aromatic carbocycles. The number of benzene rings is 1. The maximum absolute atomic E-state index is 10.9. The van der Waals surface area contributed by atoms with Crippen molar-refractivity contribution in [3.63, 3.8) is 0 Å². The van der Waals surface area contributed by atoms with Gasteiger partial charge in [0.25, 0.3) is 0 Å². The van der Waals surface area contributed by atoms with Gasteiger partial charge >= 0.3 is 5.97 Å². The maximum atomic E-state index is 10.9. The van der Waals surface area contributed by atoms with Crippen LogP contribution in [0.3, 0.4) is 0 Å². The quantitative estimate of drug-likeness (QED) is 0.577. The van der Waals surface area contributed by atoms with Gasteiger partial charge in [0.2, 0.25) is 0 Å². The van der Waals surface area contributed by atoms with Gasteiger partial charge in [-0.15, -0.1) is 5.53 Å². The lowest BCUT2D eigenvalue weighted by Crippen LogP contribution is -2.31. The maximum Gasteiger partial charge on any atom is 0.330 e. The highest BCUT2D eigenvalue weighted by atomic mass is 16.5. The number of hydrogen-bond donors (Lipinski definition) is 2. The summed E-state index contributed by atoms with van der Waals surface area (Å²) in [7, 11) is 3.28. The van der Waals surface area contributed by atoms with Crippen molar-refractivity contribution in [3.05, 3.63) is 29.8 Å². The molecule has 0 amide bonds. The molecule has 0 aliphatic carbocycles. The number of nitrogens with one attached hydrogen (secondary N) is 2. The van der Waals surface area contributed by atoms with Crippen LogP contribution in [0.2, 0.25) is 0 Å². The van der Waals surface area contributed by atoms with Crippen molar-refractivity contribution in [3.8, 4) is 0 Å². The van der Waals surface area contributed by atoms with E-state index >= 15 is 0 Å². The van der Waals surface area contributed by atoms with Crippen molar-refractivity contribution in [1.82, 2.24) is 5.53 Å². The Kier molecular flexibility index (Phi) is 2.78. The van der Waals surface area contributed by atoms with Crippen LogP contribution in [0.15, 0.2) is 24.3 Å². The standard InChI is InChI=1S/C11H13N3O2/c1-14-10-5-3-8(4-6-11(15)16-2)7-9(10)12-13-14/h3-7,12-13H,1-2H3/b6-4+. The number of methoxy groups -OCH3 is 1. The molecule has 1 aliphatic heterocycles. The van der Waals surface area contributed by atoms with Crippen LogP contribution in [-0.4, -0.2) is 20.1 Å².